The monoisotopic (exact) mass is 428 g/mol. The molecule has 0 unspecified atom stereocenters. The molecule has 0 N–H and O–H groups in total. The molecule has 0 radical (unpaired) electrons. The molecule has 0 spiro atoms. The van der Waals surface area contributed by atoms with E-state index in [9.17, 15) is 26.7 Å². The molecule has 1 aliphatic heterocycles. The van der Waals surface area contributed by atoms with E-state index in [0.29, 0.717) is 5.56 Å². The van der Waals surface area contributed by atoms with E-state index in [4.69, 9.17) is 0 Å². The molecule has 2 fully saturated rings. The maximum absolute atomic E-state index is 13.4. The number of rotatable bonds is 4. The third-order valence-electron chi connectivity index (χ3n) is 5.70. The summed E-state index contributed by atoms with van der Waals surface area (Å²) in [6, 6.07) is 3.61. The Labute approximate surface area is 169 Å². The largest absolute Gasteiger partial charge is 0.418 e. The van der Waals surface area contributed by atoms with Gasteiger partial charge in [-0.2, -0.15) is 18.3 Å². The van der Waals surface area contributed by atoms with E-state index in [1.807, 2.05) is 0 Å². The molecule has 0 aromatic carbocycles. The van der Waals surface area contributed by atoms with Gasteiger partial charge in [0.1, 0.15) is 5.82 Å². The van der Waals surface area contributed by atoms with E-state index in [1.54, 1.807) is 0 Å². The Morgan fingerprint density at radius 1 is 1.13 bits per heavy atom. The Bertz CT molecular complexity index is 974. The number of pyridine rings is 1. The van der Waals surface area contributed by atoms with Gasteiger partial charge in [0.2, 0.25) is 0 Å². The highest BCUT2D eigenvalue weighted by molar-refractivity contribution is 5.45. The molecule has 2 aromatic heterocycles. The molecule has 0 amide bonds. The number of halogens is 5. The van der Waals surface area contributed by atoms with Gasteiger partial charge in [-0.3, -0.25) is 9.78 Å². The van der Waals surface area contributed by atoms with Gasteiger partial charge in [0.25, 0.3) is 11.5 Å². The van der Waals surface area contributed by atoms with Gasteiger partial charge in [-0.25, -0.2) is 13.5 Å². The van der Waals surface area contributed by atoms with Crippen LogP contribution in [0.15, 0.2) is 29.2 Å². The Kier molecular flexibility index (Phi) is 5.27. The second-order valence-electron chi connectivity index (χ2n) is 7.96. The molecule has 1 saturated heterocycles. The van der Waals surface area contributed by atoms with Crippen molar-refractivity contribution in [3.8, 4) is 0 Å². The van der Waals surface area contributed by atoms with Crippen molar-refractivity contribution in [2.75, 3.05) is 18.0 Å². The topological polar surface area (TPSA) is 51.0 Å². The van der Waals surface area contributed by atoms with Crippen molar-refractivity contribution in [2.24, 2.45) is 0 Å². The quantitative estimate of drug-likeness (QED) is 0.685. The van der Waals surface area contributed by atoms with Crippen molar-refractivity contribution < 1.29 is 22.0 Å². The minimum atomic E-state index is -4.63. The smallest absolute Gasteiger partial charge is 0.343 e. The van der Waals surface area contributed by atoms with Gasteiger partial charge in [-0.15, -0.1) is 0 Å². The highest BCUT2D eigenvalue weighted by Gasteiger charge is 2.45. The highest BCUT2D eigenvalue weighted by Crippen LogP contribution is 2.35. The summed E-state index contributed by atoms with van der Waals surface area (Å²) in [6.07, 6.45) is 1.11. The van der Waals surface area contributed by atoms with Gasteiger partial charge in [0.15, 0.2) is 0 Å². The van der Waals surface area contributed by atoms with Gasteiger partial charge in [0.05, 0.1) is 30.9 Å². The first-order valence-corrected chi connectivity index (χ1v) is 9.90. The van der Waals surface area contributed by atoms with Crippen molar-refractivity contribution >= 4 is 5.82 Å². The molecule has 0 bridgehead atoms. The highest BCUT2D eigenvalue weighted by atomic mass is 19.4. The predicted octanol–water partition coefficient (Wildman–Crippen LogP) is 4.21. The summed E-state index contributed by atoms with van der Waals surface area (Å²) in [5.74, 6) is -2.70. The SMILES string of the molecule is O=c1c(C2CCCCC2)cc(N2CC(F)(F)C2)nn1Cc1ncccc1C(F)(F)F. The molecular weight excluding hydrogens is 407 g/mol. The molecule has 1 saturated carbocycles. The van der Waals surface area contributed by atoms with Crippen LogP contribution < -0.4 is 10.5 Å². The molecule has 30 heavy (non-hydrogen) atoms. The van der Waals surface area contributed by atoms with Gasteiger partial charge in [-0.1, -0.05) is 19.3 Å². The van der Waals surface area contributed by atoms with Crippen LogP contribution in [-0.2, 0) is 12.7 Å². The average molecular weight is 428 g/mol. The molecule has 162 valence electrons. The minimum absolute atomic E-state index is 0.0492. The summed E-state index contributed by atoms with van der Waals surface area (Å²) in [5.41, 5.74) is -1.34. The normalized spacial score (nSPS) is 19.6. The van der Waals surface area contributed by atoms with Crippen LogP contribution in [0, 0.1) is 0 Å². The summed E-state index contributed by atoms with van der Waals surface area (Å²) in [7, 11) is 0. The second-order valence-corrected chi connectivity index (χ2v) is 7.96. The zero-order valence-corrected chi connectivity index (χ0v) is 16.1. The zero-order valence-electron chi connectivity index (χ0n) is 16.1. The van der Waals surface area contributed by atoms with E-state index < -0.39 is 42.9 Å². The van der Waals surface area contributed by atoms with Gasteiger partial charge >= 0.3 is 6.18 Å². The van der Waals surface area contributed by atoms with Crippen molar-refractivity contribution in [2.45, 2.75) is 56.7 Å². The maximum atomic E-state index is 13.4. The first kappa shape index (κ1) is 20.7. The van der Waals surface area contributed by atoms with E-state index in [2.05, 4.69) is 10.1 Å². The van der Waals surface area contributed by atoms with Crippen LogP contribution in [0.5, 0.6) is 0 Å². The molecule has 5 nitrogen and oxygen atoms in total. The van der Waals surface area contributed by atoms with Crippen molar-refractivity contribution in [1.82, 2.24) is 14.8 Å². The molecule has 3 heterocycles. The van der Waals surface area contributed by atoms with Gasteiger partial charge in [0, 0.05) is 11.8 Å². The van der Waals surface area contributed by atoms with E-state index >= 15 is 0 Å². The second kappa shape index (κ2) is 7.63. The number of alkyl halides is 5. The third kappa shape index (κ3) is 4.17. The Morgan fingerprint density at radius 3 is 2.47 bits per heavy atom. The molecule has 4 rings (SSSR count). The van der Waals surface area contributed by atoms with Crippen molar-refractivity contribution in [3.05, 3.63) is 51.6 Å². The lowest BCUT2D eigenvalue weighted by Crippen LogP contribution is -2.57. The lowest BCUT2D eigenvalue weighted by molar-refractivity contribution is -0.138. The van der Waals surface area contributed by atoms with Gasteiger partial charge < -0.3 is 4.90 Å². The zero-order chi connectivity index (χ0) is 21.5. The summed E-state index contributed by atoms with van der Waals surface area (Å²) in [5, 5.41) is 4.12. The summed E-state index contributed by atoms with van der Waals surface area (Å²) >= 11 is 0. The fraction of sp³-hybridized carbons (Fsp3) is 0.550. The van der Waals surface area contributed by atoms with E-state index in [-0.39, 0.29) is 17.4 Å². The predicted molar refractivity (Wildman–Crippen MR) is 99.8 cm³/mol. The fourth-order valence-electron chi connectivity index (χ4n) is 4.15. The Hall–Kier alpha value is -2.52. The van der Waals surface area contributed by atoms with Crippen LogP contribution in [-0.4, -0.2) is 33.8 Å². The van der Waals surface area contributed by atoms with E-state index in [1.165, 1.54) is 23.2 Å². The third-order valence-corrected chi connectivity index (χ3v) is 5.70. The molecule has 10 heteroatoms. The average Bonchev–Trinajstić information content (AvgIpc) is 2.68. The first-order chi connectivity index (χ1) is 14.1. The van der Waals surface area contributed by atoms with Crippen LogP contribution in [0.25, 0.3) is 0 Å². The van der Waals surface area contributed by atoms with Crippen LogP contribution >= 0.6 is 0 Å². The number of aromatic nitrogens is 3. The molecule has 0 atom stereocenters. The maximum Gasteiger partial charge on any atom is 0.418 e. The van der Waals surface area contributed by atoms with Crippen molar-refractivity contribution in [1.29, 1.82) is 0 Å². The van der Waals surface area contributed by atoms with E-state index in [0.717, 1.165) is 42.9 Å². The van der Waals surface area contributed by atoms with Crippen LogP contribution in [0.3, 0.4) is 0 Å². The summed E-state index contributed by atoms with van der Waals surface area (Å²) in [6.45, 7) is -1.54. The van der Waals surface area contributed by atoms with Crippen LogP contribution in [0.4, 0.5) is 27.8 Å². The van der Waals surface area contributed by atoms with Crippen molar-refractivity contribution in [3.63, 3.8) is 0 Å². The Morgan fingerprint density at radius 2 is 1.83 bits per heavy atom. The van der Waals surface area contributed by atoms with Crippen LogP contribution in [0.1, 0.15) is 54.8 Å². The standard InChI is InChI=1S/C20H21F5N4O/c21-19(22)11-28(12-19)17-9-14(13-5-2-1-3-6-13)18(30)29(27-17)10-16-15(20(23,24)25)7-4-8-26-16/h4,7-9,13H,1-3,5-6,10-12H2. The molecule has 1 aliphatic carbocycles. The molecule has 2 aliphatic rings. The lowest BCUT2D eigenvalue weighted by Gasteiger charge is -2.39. The summed E-state index contributed by atoms with van der Waals surface area (Å²) in [4.78, 5) is 18.2. The molecule has 2 aromatic rings. The summed E-state index contributed by atoms with van der Waals surface area (Å²) < 4.78 is 67.7. The van der Waals surface area contributed by atoms with Gasteiger partial charge in [-0.05, 0) is 37.0 Å². The number of nitrogens with zero attached hydrogens (tertiary/aromatic N) is 4. The Balaban J connectivity index is 1.74. The number of hydrogen-bond acceptors (Lipinski definition) is 4. The number of hydrogen-bond donors (Lipinski definition) is 0. The lowest BCUT2D eigenvalue weighted by atomic mass is 9.84. The van der Waals surface area contributed by atoms with Crippen LogP contribution in [0.2, 0.25) is 0 Å². The molecular formula is C20H21F5N4O. The fourth-order valence-corrected chi connectivity index (χ4v) is 4.15. The first-order valence-electron chi connectivity index (χ1n) is 9.90. The minimum Gasteiger partial charge on any atom is -0.343 e. The number of anilines is 1.